The van der Waals surface area contributed by atoms with Gasteiger partial charge in [0.15, 0.2) is 0 Å². The summed E-state index contributed by atoms with van der Waals surface area (Å²) in [5.74, 6) is -0.297. The minimum Gasteiger partial charge on any atom is -0.346 e. The van der Waals surface area contributed by atoms with Gasteiger partial charge in [-0.2, -0.15) is 0 Å². The number of rotatable bonds is 3. The molecule has 6 heteroatoms. The molecule has 2 atom stereocenters. The topological polar surface area (TPSA) is 73.8 Å². The first kappa shape index (κ1) is 17.3. The van der Waals surface area contributed by atoms with Crippen molar-refractivity contribution < 1.29 is 9.59 Å². The number of aliphatic imine (C=N–C) groups is 1. The van der Waals surface area contributed by atoms with E-state index in [1.165, 1.54) is 16.1 Å². The average Bonchev–Trinajstić information content (AvgIpc) is 2.70. The van der Waals surface area contributed by atoms with E-state index in [1.54, 1.807) is 6.92 Å². The number of hydrogen-bond acceptors (Lipinski definition) is 4. The molecule has 2 N–H and O–H groups in total. The predicted octanol–water partition coefficient (Wildman–Crippen LogP) is 2.00. The van der Waals surface area contributed by atoms with Crippen LogP contribution in [0.3, 0.4) is 0 Å². The Labute approximate surface area is 158 Å². The van der Waals surface area contributed by atoms with Crippen LogP contribution in [0.15, 0.2) is 59.6 Å². The van der Waals surface area contributed by atoms with Gasteiger partial charge in [-0.1, -0.05) is 42.5 Å². The summed E-state index contributed by atoms with van der Waals surface area (Å²) in [5, 5.41) is 4.46. The Kier molecular flexibility index (Phi) is 4.62. The smallest absolute Gasteiger partial charge is 0.288 e. The zero-order valence-corrected chi connectivity index (χ0v) is 15.2. The minimum absolute atomic E-state index is 0.0648. The molecule has 0 fully saturated rings. The van der Waals surface area contributed by atoms with Gasteiger partial charge in [-0.05, 0) is 49.4 Å². The molecule has 1 heterocycles. The Bertz CT molecular complexity index is 894. The van der Waals surface area contributed by atoms with Crippen molar-refractivity contribution in [2.45, 2.75) is 38.3 Å². The first-order valence-corrected chi connectivity index (χ1v) is 9.23. The van der Waals surface area contributed by atoms with Gasteiger partial charge in [0, 0.05) is 6.04 Å². The van der Waals surface area contributed by atoms with Crippen LogP contribution in [0.1, 0.15) is 24.5 Å². The molecule has 2 aromatic carbocycles. The summed E-state index contributed by atoms with van der Waals surface area (Å²) in [7, 11) is 0. The molecular weight excluding hydrogens is 340 g/mol. The fourth-order valence-corrected chi connectivity index (χ4v) is 3.58. The molecule has 1 aliphatic heterocycles. The molecule has 0 spiro atoms. The van der Waals surface area contributed by atoms with Crippen LogP contribution >= 0.6 is 0 Å². The van der Waals surface area contributed by atoms with Crippen molar-refractivity contribution in [3.8, 4) is 0 Å². The van der Waals surface area contributed by atoms with Crippen molar-refractivity contribution in [3.05, 3.63) is 65.7 Å². The van der Waals surface area contributed by atoms with Crippen LogP contribution in [-0.4, -0.2) is 29.7 Å². The van der Waals surface area contributed by atoms with E-state index in [0.717, 1.165) is 19.3 Å². The van der Waals surface area contributed by atoms with Crippen LogP contribution in [0.4, 0.5) is 5.69 Å². The van der Waals surface area contributed by atoms with Crippen molar-refractivity contribution in [3.63, 3.8) is 0 Å². The number of nitrogens with zero attached hydrogens (tertiary/aromatic N) is 2. The molecule has 0 radical (unpaired) electrons. The van der Waals surface area contributed by atoms with Crippen LogP contribution in [0, 0.1) is 0 Å². The number of para-hydroxylation sites is 1. The lowest BCUT2D eigenvalue weighted by molar-refractivity contribution is -0.120. The number of anilines is 1. The third-order valence-electron chi connectivity index (χ3n) is 5.03. The monoisotopic (exact) mass is 362 g/mol. The SMILES string of the molecule is CC1N=C(C(=O)NC2CCc3ccccc3C2)NN(c2ccccc2)C1=O. The van der Waals surface area contributed by atoms with Crippen molar-refractivity contribution in [2.75, 3.05) is 5.01 Å². The number of fused-ring (bicyclic) bond motifs is 1. The third kappa shape index (κ3) is 3.56. The van der Waals surface area contributed by atoms with Crippen molar-refractivity contribution in [2.24, 2.45) is 4.99 Å². The van der Waals surface area contributed by atoms with Crippen LogP contribution < -0.4 is 15.8 Å². The third-order valence-corrected chi connectivity index (χ3v) is 5.03. The van der Waals surface area contributed by atoms with Gasteiger partial charge in [0.25, 0.3) is 11.8 Å². The van der Waals surface area contributed by atoms with E-state index in [4.69, 9.17) is 0 Å². The highest BCUT2D eigenvalue weighted by Gasteiger charge is 2.31. The van der Waals surface area contributed by atoms with E-state index in [9.17, 15) is 9.59 Å². The molecule has 2 unspecified atom stereocenters. The molecule has 27 heavy (non-hydrogen) atoms. The highest BCUT2D eigenvalue weighted by Crippen LogP contribution is 2.21. The lowest BCUT2D eigenvalue weighted by Crippen LogP contribution is -2.59. The number of nitrogens with one attached hydrogen (secondary N) is 2. The molecule has 0 bridgehead atoms. The molecule has 0 saturated carbocycles. The standard InChI is InChI=1S/C21H22N4O2/c1-14-21(27)25(18-9-3-2-4-10-18)24-19(22-14)20(26)23-17-12-11-15-7-5-6-8-16(15)13-17/h2-10,14,17H,11-13H2,1H3,(H,22,24)(H,23,26). The van der Waals surface area contributed by atoms with Gasteiger partial charge in [0.1, 0.15) is 6.04 Å². The number of hydrogen-bond donors (Lipinski definition) is 2. The van der Waals surface area contributed by atoms with Gasteiger partial charge < -0.3 is 5.32 Å². The second kappa shape index (κ2) is 7.23. The number of aryl methyl sites for hydroxylation is 1. The van der Waals surface area contributed by atoms with Gasteiger partial charge in [-0.3, -0.25) is 15.0 Å². The van der Waals surface area contributed by atoms with Crippen LogP contribution in [0.2, 0.25) is 0 Å². The largest absolute Gasteiger partial charge is 0.346 e. The van der Waals surface area contributed by atoms with E-state index in [-0.39, 0.29) is 23.7 Å². The number of hydrazine groups is 1. The maximum absolute atomic E-state index is 12.8. The van der Waals surface area contributed by atoms with E-state index >= 15 is 0 Å². The first-order chi connectivity index (χ1) is 13.1. The normalized spacial score (nSPS) is 21.7. The maximum atomic E-state index is 12.8. The zero-order valence-electron chi connectivity index (χ0n) is 15.2. The van der Waals surface area contributed by atoms with Gasteiger partial charge >= 0.3 is 0 Å². The second-order valence-electron chi connectivity index (χ2n) is 6.96. The van der Waals surface area contributed by atoms with Gasteiger partial charge in [0.05, 0.1) is 5.69 Å². The van der Waals surface area contributed by atoms with E-state index in [2.05, 4.69) is 33.9 Å². The van der Waals surface area contributed by atoms with Gasteiger partial charge in [-0.25, -0.2) is 10.0 Å². The van der Waals surface area contributed by atoms with Gasteiger partial charge in [0.2, 0.25) is 5.84 Å². The van der Waals surface area contributed by atoms with Crippen LogP contribution in [-0.2, 0) is 22.4 Å². The first-order valence-electron chi connectivity index (χ1n) is 9.23. The van der Waals surface area contributed by atoms with Crippen molar-refractivity contribution in [1.82, 2.24) is 10.7 Å². The molecule has 2 amide bonds. The number of amidine groups is 1. The lowest BCUT2D eigenvalue weighted by atomic mass is 9.88. The Balaban J connectivity index is 1.47. The Hall–Kier alpha value is -3.15. The summed E-state index contributed by atoms with van der Waals surface area (Å²) in [4.78, 5) is 29.5. The molecule has 2 aliphatic rings. The van der Waals surface area contributed by atoms with Crippen LogP contribution in [0.25, 0.3) is 0 Å². The predicted molar refractivity (Wildman–Crippen MR) is 104 cm³/mol. The number of benzene rings is 2. The summed E-state index contributed by atoms with van der Waals surface area (Å²) in [6.45, 7) is 1.70. The molecule has 138 valence electrons. The average molecular weight is 362 g/mol. The van der Waals surface area contributed by atoms with E-state index < -0.39 is 6.04 Å². The fourth-order valence-electron chi connectivity index (χ4n) is 3.58. The molecule has 1 aliphatic carbocycles. The lowest BCUT2D eigenvalue weighted by Gasteiger charge is -2.31. The summed E-state index contributed by atoms with van der Waals surface area (Å²) >= 11 is 0. The number of carbonyl (C=O) groups is 2. The summed E-state index contributed by atoms with van der Waals surface area (Å²) in [6.07, 6.45) is 2.66. The molecule has 0 saturated heterocycles. The fraction of sp³-hybridized carbons (Fsp3) is 0.286. The highest BCUT2D eigenvalue weighted by molar-refractivity contribution is 6.39. The minimum atomic E-state index is -0.612. The molecule has 4 rings (SSSR count). The Morgan fingerprint density at radius 3 is 2.59 bits per heavy atom. The quantitative estimate of drug-likeness (QED) is 0.877. The molecule has 0 aromatic heterocycles. The summed E-state index contributed by atoms with van der Waals surface area (Å²) in [6, 6.07) is 17.0. The van der Waals surface area contributed by atoms with Crippen LogP contribution in [0.5, 0.6) is 0 Å². The van der Waals surface area contributed by atoms with E-state index in [0.29, 0.717) is 5.69 Å². The number of amides is 2. The molecule has 2 aromatic rings. The van der Waals surface area contributed by atoms with Crippen molar-refractivity contribution in [1.29, 1.82) is 0 Å². The molecule has 6 nitrogen and oxygen atoms in total. The highest BCUT2D eigenvalue weighted by atomic mass is 16.2. The molecular formula is C21H22N4O2. The summed E-state index contributed by atoms with van der Waals surface area (Å²) in [5.41, 5.74) is 6.19. The summed E-state index contributed by atoms with van der Waals surface area (Å²) < 4.78 is 0. The van der Waals surface area contributed by atoms with Crippen molar-refractivity contribution >= 4 is 23.3 Å². The second-order valence-corrected chi connectivity index (χ2v) is 6.96. The van der Waals surface area contributed by atoms with Gasteiger partial charge in [-0.15, -0.1) is 0 Å². The zero-order chi connectivity index (χ0) is 18.8. The van der Waals surface area contributed by atoms with E-state index in [1.807, 2.05) is 36.4 Å². The maximum Gasteiger partial charge on any atom is 0.288 e. The number of carbonyl (C=O) groups excluding carboxylic acids is 2. The Morgan fingerprint density at radius 2 is 1.81 bits per heavy atom. The Morgan fingerprint density at radius 1 is 1.11 bits per heavy atom.